The summed E-state index contributed by atoms with van der Waals surface area (Å²) in [4.78, 5) is 14.4. The van der Waals surface area contributed by atoms with Gasteiger partial charge >= 0.3 is 0 Å². The summed E-state index contributed by atoms with van der Waals surface area (Å²) in [6, 6.07) is 28.5. The fourth-order valence-electron chi connectivity index (χ4n) is 5.77. The molecular weight excluding hydrogens is 572 g/mol. The molecule has 1 aliphatic heterocycles. The van der Waals surface area contributed by atoms with E-state index < -0.39 is 24.5 Å². The van der Waals surface area contributed by atoms with E-state index in [1.807, 2.05) is 60.7 Å². The smallest absolute Gasteiger partial charge is 0.168 e. The predicted molar refractivity (Wildman–Crippen MR) is 170 cm³/mol. The first-order valence-corrected chi connectivity index (χ1v) is 15.0. The first kappa shape index (κ1) is 30.6. The molecule has 1 saturated heterocycles. The van der Waals surface area contributed by atoms with Crippen LogP contribution >= 0.6 is 0 Å². The zero-order chi connectivity index (χ0) is 31.2. The van der Waals surface area contributed by atoms with E-state index in [1.165, 1.54) is 18.2 Å². The molecule has 45 heavy (non-hydrogen) atoms. The van der Waals surface area contributed by atoms with Crippen molar-refractivity contribution in [2.75, 3.05) is 32.7 Å². The minimum atomic E-state index is -1.19. The van der Waals surface area contributed by atoms with E-state index in [4.69, 9.17) is 24.2 Å². The van der Waals surface area contributed by atoms with Crippen LogP contribution in [0.1, 0.15) is 34.7 Å². The minimum Gasteiger partial charge on any atom is -0.496 e. The Balaban J connectivity index is 1.32. The molecule has 4 N–H and O–H groups in total. The highest BCUT2D eigenvalue weighted by Crippen LogP contribution is 2.33. The second-order valence-corrected chi connectivity index (χ2v) is 11.0. The monoisotopic (exact) mass is 610 g/mol. The van der Waals surface area contributed by atoms with Crippen molar-refractivity contribution < 1.29 is 24.4 Å². The summed E-state index contributed by atoms with van der Waals surface area (Å²) in [5.74, 6) is 1.94. The quantitative estimate of drug-likeness (QED) is 0.157. The number of rotatable bonds is 13. The number of fused-ring (bicyclic) bond motifs is 1. The van der Waals surface area contributed by atoms with E-state index in [9.17, 15) is 10.2 Å². The second-order valence-electron chi connectivity index (χ2n) is 11.0. The van der Waals surface area contributed by atoms with Gasteiger partial charge in [-0.15, -0.1) is 0 Å². The Hall–Kier alpha value is -4.39. The third kappa shape index (κ3) is 6.68. The van der Waals surface area contributed by atoms with Crippen LogP contribution in [0.5, 0.6) is 5.75 Å². The lowest BCUT2D eigenvalue weighted by Crippen LogP contribution is -2.33. The van der Waals surface area contributed by atoms with Gasteiger partial charge < -0.3 is 35.1 Å². The van der Waals surface area contributed by atoms with Crippen molar-refractivity contribution in [1.82, 2.24) is 24.8 Å². The minimum absolute atomic E-state index is 0.0524. The first-order valence-electron chi connectivity index (χ1n) is 15.0. The maximum atomic E-state index is 10.9. The van der Waals surface area contributed by atoms with Gasteiger partial charge in [0.25, 0.3) is 0 Å². The standard InChI is InChI=1S/C34H38N6O5/c1-43-20-27-30(41)31(42)34(45-27)40-21-37-29-32(36-18-25(22-11-5-3-6-12-22)23-13-7-4-8-14-23)38-28(39-33(29)40)19-35-17-24-15-9-10-16-26(24)44-2/h3-16,21,25,27,30-31,34-35,41-42H,17-20H2,1-2H3,(H,36,38,39)/t27-,30-,31-,34-/m1/s1. The molecule has 234 valence electrons. The summed E-state index contributed by atoms with van der Waals surface area (Å²) in [6.45, 7) is 1.60. The molecule has 3 heterocycles. The maximum absolute atomic E-state index is 10.9. The van der Waals surface area contributed by atoms with Gasteiger partial charge in [0.2, 0.25) is 0 Å². The van der Waals surface area contributed by atoms with Crippen LogP contribution in [0.3, 0.4) is 0 Å². The van der Waals surface area contributed by atoms with E-state index in [0.717, 1.165) is 11.3 Å². The van der Waals surface area contributed by atoms with Crippen LogP contribution in [-0.4, -0.2) is 75.4 Å². The van der Waals surface area contributed by atoms with E-state index >= 15 is 0 Å². The van der Waals surface area contributed by atoms with Gasteiger partial charge in [0, 0.05) is 31.7 Å². The average molecular weight is 611 g/mol. The normalized spacial score (nSPS) is 19.8. The van der Waals surface area contributed by atoms with Crippen molar-refractivity contribution in [1.29, 1.82) is 0 Å². The molecular formula is C34H38N6O5. The largest absolute Gasteiger partial charge is 0.496 e. The van der Waals surface area contributed by atoms with Crippen LogP contribution < -0.4 is 15.4 Å². The number of hydrogen-bond acceptors (Lipinski definition) is 10. The molecule has 6 rings (SSSR count). The number of aliphatic hydroxyl groups is 2. The number of nitrogens with zero attached hydrogens (tertiary/aromatic N) is 4. The molecule has 3 aromatic carbocycles. The zero-order valence-electron chi connectivity index (χ0n) is 25.3. The summed E-state index contributed by atoms with van der Waals surface area (Å²) in [5.41, 5.74) is 4.37. The Bertz CT molecular complexity index is 1650. The van der Waals surface area contributed by atoms with Crippen LogP contribution in [0.25, 0.3) is 11.2 Å². The van der Waals surface area contributed by atoms with E-state index in [0.29, 0.717) is 42.4 Å². The number of ether oxygens (including phenoxy) is 3. The molecule has 0 aliphatic carbocycles. The molecule has 11 nitrogen and oxygen atoms in total. The number of aromatic nitrogens is 4. The molecule has 0 saturated carbocycles. The summed E-state index contributed by atoms with van der Waals surface area (Å²) < 4.78 is 18.4. The topological polar surface area (TPSA) is 136 Å². The van der Waals surface area contributed by atoms with E-state index in [2.05, 4.69) is 39.9 Å². The van der Waals surface area contributed by atoms with Crippen molar-refractivity contribution in [2.24, 2.45) is 0 Å². The summed E-state index contributed by atoms with van der Waals surface area (Å²) in [6.07, 6.45) is -2.33. The molecule has 2 aromatic heterocycles. The van der Waals surface area contributed by atoms with Crippen LogP contribution in [0.4, 0.5) is 5.82 Å². The van der Waals surface area contributed by atoms with Crippen molar-refractivity contribution in [2.45, 2.75) is 43.5 Å². The van der Waals surface area contributed by atoms with Gasteiger partial charge in [0.15, 0.2) is 23.2 Å². The first-order chi connectivity index (χ1) is 22.1. The summed E-state index contributed by atoms with van der Waals surface area (Å²) in [5, 5.41) is 28.5. The molecule has 0 spiro atoms. The van der Waals surface area contributed by atoms with Gasteiger partial charge in [-0.3, -0.25) is 4.57 Å². The zero-order valence-corrected chi connectivity index (χ0v) is 25.3. The van der Waals surface area contributed by atoms with Gasteiger partial charge in [-0.25, -0.2) is 15.0 Å². The molecule has 0 radical (unpaired) electrons. The van der Waals surface area contributed by atoms with Gasteiger partial charge in [-0.1, -0.05) is 78.9 Å². The average Bonchev–Trinajstić information content (AvgIpc) is 3.62. The van der Waals surface area contributed by atoms with Crippen molar-refractivity contribution in [3.8, 4) is 5.75 Å². The molecule has 4 atom stereocenters. The van der Waals surface area contributed by atoms with Crippen LogP contribution in [0.2, 0.25) is 0 Å². The second kappa shape index (κ2) is 14.1. The van der Waals surface area contributed by atoms with Crippen LogP contribution in [-0.2, 0) is 22.6 Å². The molecule has 11 heteroatoms. The fourth-order valence-corrected chi connectivity index (χ4v) is 5.77. The van der Waals surface area contributed by atoms with Gasteiger partial charge in [-0.05, 0) is 17.2 Å². The Labute approximate surface area is 261 Å². The van der Waals surface area contributed by atoms with Crippen molar-refractivity contribution in [3.05, 3.63) is 114 Å². The van der Waals surface area contributed by atoms with Gasteiger partial charge in [0.05, 0.1) is 26.6 Å². The maximum Gasteiger partial charge on any atom is 0.168 e. The van der Waals surface area contributed by atoms with Gasteiger partial charge in [0.1, 0.15) is 29.9 Å². The Morgan fingerprint density at radius 2 is 1.56 bits per heavy atom. The number of para-hydroxylation sites is 1. The molecule has 1 fully saturated rings. The molecule has 5 aromatic rings. The third-order valence-electron chi connectivity index (χ3n) is 8.08. The number of benzene rings is 3. The highest BCUT2D eigenvalue weighted by atomic mass is 16.6. The van der Waals surface area contributed by atoms with E-state index in [1.54, 1.807) is 18.0 Å². The SMILES string of the molecule is COC[C@H]1O[C@@H](n2cnc3c(NCC(c4ccccc4)c4ccccc4)nc(CNCc4ccccc4OC)nc32)[C@H](O)[C@@H]1O. The lowest BCUT2D eigenvalue weighted by molar-refractivity contribution is -0.0580. The lowest BCUT2D eigenvalue weighted by Gasteiger charge is -2.20. The van der Waals surface area contributed by atoms with Crippen molar-refractivity contribution >= 4 is 17.0 Å². The summed E-state index contributed by atoms with van der Waals surface area (Å²) in [7, 11) is 3.18. The number of nitrogens with one attached hydrogen (secondary N) is 2. The Kier molecular flexibility index (Phi) is 9.63. The van der Waals surface area contributed by atoms with E-state index in [-0.39, 0.29) is 12.5 Å². The van der Waals surface area contributed by atoms with Crippen LogP contribution in [0.15, 0.2) is 91.3 Å². The molecule has 0 amide bonds. The number of hydrogen-bond donors (Lipinski definition) is 4. The third-order valence-corrected chi connectivity index (χ3v) is 8.08. The Morgan fingerprint density at radius 3 is 2.24 bits per heavy atom. The molecule has 0 bridgehead atoms. The number of imidazole rings is 1. The Morgan fingerprint density at radius 1 is 0.867 bits per heavy atom. The highest BCUT2D eigenvalue weighted by Gasteiger charge is 2.44. The fraction of sp³-hybridized carbons (Fsp3) is 0.324. The number of aliphatic hydroxyl groups excluding tert-OH is 2. The number of anilines is 1. The summed E-state index contributed by atoms with van der Waals surface area (Å²) >= 11 is 0. The lowest BCUT2D eigenvalue weighted by atomic mass is 9.91. The molecule has 1 aliphatic rings. The predicted octanol–water partition coefficient (Wildman–Crippen LogP) is 3.63. The number of methoxy groups -OCH3 is 2. The van der Waals surface area contributed by atoms with Crippen molar-refractivity contribution in [3.63, 3.8) is 0 Å². The van der Waals surface area contributed by atoms with Crippen LogP contribution in [0, 0.1) is 0 Å². The van der Waals surface area contributed by atoms with Gasteiger partial charge in [-0.2, -0.15) is 0 Å². The highest BCUT2D eigenvalue weighted by molar-refractivity contribution is 5.83. The molecule has 0 unspecified atom stereocenters.